The Morgan fingerprint density at radius 1 is 1.29 bits per heavy atom. The molecule has 0 aliphatic carbocycles. The molecule has 4 N–H and O–H groups in total. The van der Waals surface area contributed by atoms with Gasteiger partial charge in [0.25, 0.3) is 0 Å². The number of piperazine rings is 1. The Morgan fingerprint density at radius 2 is 1.97 bits per heavy atom. The number of carboxylic acid groups (broad SMARTS) is 1. The summed E-state index contributed by atoms with van der Waals surface area (Å²) in [6.07, 6.45) is -0.533. The number of aliphatic carboxylic acids is 1. The molecule has 0 saturated carbocycles. The van der Waals surface area contributed by atoms with E-state index in [1.165, 1.54) is 28.0 Å². The number of nitrogen functional groups attached to an aromatic ring is 1. The lowest BCUT2D eigenvalue weighted by atomic mass is 9.88. The van der Waals surface area contributed by atoms with Gasteiger partial charge >= 0.3 is 12.1 Å². The third kappa shape index (κ3) is 6.23. The molecule has 1 aromatic rings. The second kappa shape index (κ2) is 11.8. The fourth-order valence-corrected chi connectivity index (χ4v) is 6.06. The van der Waals surface area contributed by atoms with E-state index >= 15 is 0 Å². The summed E-state index contributed by atoms with van der Waals surface area (Å²) in [5.74, 6) is -1.67. The average molecular weight is 572 g/mol. The van der Waals surface area contributed by atoms with Gasteiger partial charge < -0.3 is 35.6 Å². The Bertz CT molecular complexity index is 962. The topological polar surface area (TPSA) is 158 Å². The van der Waals surface area contributed by atoms with Gasteiger partial charge in [-0.2, -0.15) is 0 Å². The van der Waals surface area contributed by atoms with Crippen molar-refractivity contribution in [2.75, 3.05) is 57.9 Å². The van der Waals surface area contributed by atoms with Gasteiger partial charge in [-0.3, -0.25) is 14.4 Å². The number of anilines is 1. The van der Waals surface area contributed by atoms with Crippen LogP contribution in [0.1, 0.15) is 5.69 Å². The van der Waals surface area contributed by atoms with Gasteiger partial charge in [-0.15, -0.1) is 47.9 Å². The molecular weight excluding hydrogens is 543 g/mol. The van der Waals surface area contributed by atoms with Gasteiger partial charge in [0, 0.05) is 43.9 Å². The number of thiazole rings is 1. The first-order valence-electron chi connectivity index (χ1n) is 10.4. The molecule has 3 aliphatic heterocycles. The van der Waals surface area contributed by atoms with Crippen LogP contribution in [0.15, 0.2) is 5.38 Å². The maximum atomic E-state index is 12.7. The predicted molar refractivity (Wildman–Crippen MR) is 135 cm³/mol. The van der Waals surface area contributed by atoms with Crippen LogP contribution in [-0.2, 0) is 25.5 Å². The number of carboxylic acids is 1. The highest BCUT2D eigenvalue weighted by Crippen LogP contribution is 2.42. The van der Waals surface area contributed by atoms with Gasteiger partial charge in [0.1, 0.15) is 23.4 Å². The third-order valence-electron chi connectivity index (χ3n) is 6.06. The first-order valence-corrected chi connectivity index (χ1v) is 12.4. The maximum Gasteiger partial charge on any atom is 0.409 e. The number of halogens is 2. The van der Waals surface area contributed by atoms with Crippen molar-refractivity contribution in [2.45, 2.75) is 17.8 Å². The zero-order chi connectivity index (χ0) is 23.8. The van der Waals surface area contributed by atoms with Crippen molar-refractivity contribution < 1.29 is 29.0 Å². The van der Waals surface area contributed by atoms with Crippen LogP contribution in [0.5, 0.6) is 0 Å². The van der Waals surface area contributed by atoms with E-state index in [-0.39, 0.29) is 67.3 Å². The summed E-state index contributed by atoms with van der Waals surface area (Å²) < 4.78 is 5.37. The van der Waals surface area contributed by atoms with E-state index in [2.05, 4.69) is 15.2 Å². The number of carbonyl (C=O) groups excluding carboxylic acids is 3. The predicted octanol–water partition coefficient (Wildman–Crippen LogP) is -0.0337. The minimum absolute atomic E-state index is 0. The highest BCUT2D eigenvalue weighted by Gasteiger charge is 2.58. The lowest BCUT2D eigenvalue weighted by Gasteiger charge is -2.53. The normalized spacial score (nSPS) is 25.9. The average Bonchev–Trinajstić information content (AvgIpc) is 3.20. The van der Waals surface area contributed by atoms with Crippen LogP contribution in [-0.4, -0.2) is 112 Å². The molecule has 3 saturated heterocycles. The van der Waals surface area contributed by atoms with Gasteiger partial charge in [-0.05, 0) is 7.05 Å². The van der Waals surface area contributed by atoms with E-state index in [0.717, 1.165) is 13.1 Å². The molecule has 35 heavy (non-hydrogen) atoms. The van der Waals surface area contributed by atoms with Gasteiger partial charge in [-0.1, -0.05) is 0 Å². The number of β-lactam (4-membered cyclic amide) rings is 1. The van der Waals surface area contributed by atoms with Crippen molar-refractivity contribution in [3.63, 3.8) is 0 Å². The number of amides is 3. The Kier molecular flexibility index (Phi) is 9.87. The maximum absolute atomic E-state index is 12.7. The van der Waals surface area contributed by atoms with Crippen LogP contribution >= 0.6 is 47.9 Å². The highest BCUT2D eigenvalue weighted by molar-refractivity contribution is 8.00. The van der Waals surface area contributed by atoms with Gasteiger partial charge in [0.05, 0.1) is 12.1 Å². The fourth-order valence-electron chi connectivity index (χ4n) is 3.98. The number of nitrogens with two attached hydrogens (primary N) is 1. The molecule has 12 nitrogen and oxygen atoms in total. The third-order valence-corrected chi connectivity index (χ3v) is 8.37. The molecule has 2 unspecified atom stereocenters. The van der Waals surface area contributed by atoms with E-state index in [4.69, 9.17) is 10.5 Å². The van der Waals surface area contributed by atoms with E-state index < -0.39 is 23.5 Å². The summed E-state index contributed by atoms with van der Waals surface area (Å²) in [5, 5.41) is 14.3. The van der Waals surface area contributed by atoms with Crippen LogP contribution in [0, 0.1) is 5.41 Å². The summed E-state index contributed by atoms with van der Waals surface area (Å²) in [7, 11) is 1.96. The zero-order valence-corrected chi connectivity index (χ0v) is 22.1. The Balaban J connectivity index is 0.00000216. The second-order valence-corrected chi connectivity index (χ2v) is 10.5. The molecule has 0 spiro atoms. The first-order chi connectivity index (χ1) is 15.7. The molecule has 4 heterocycles. The highest BCUT2D eigenvalue weighted by atomic mass is 35.5. The number of hydrogen-bond donors (Lipinski definition) is 3. The summed E-state index contributed by atoms with van der Waals surface area (Å²) >= 11 is 2.50. The molecule has 3 atom stereocenters. The number of hydrogen-bond acceptors (Lipinski definition) is 10. The number of thioether (sulfide) groups is 1. The van der Waals surface area contributed by atoms with E-state index in [0.29, 0.717) is 23.9 Å². The molecule has 196 valence electrons. The second-order valence-electron chi connectivity index (χ2n) is 8.50. The number of likely N-dealkylation sites (N-methyl/N-ethyl adjacent to an activating group) is 1. The Labute approximate surface area is 222 Å². The fraction of sp³-hybridized carbons (Fsp3) is 0.632. The number of aromatic nitrogens is 1. The molecule has 1 aromatic heterocycles. The van der Waals surface area contributed by atoms with Crippen molar-refractivity contribution in [3.8, 4) is 0 Å². The summed E-state index contributed by atoms with van der Waals surface area (Å²) in [6.45, 7) is 2.09. The largest absolute Gasteiger partial charge is 0.481 e. The smallest absolute Gasteiger partial charge is 0.409 e. The monoisotopic (exact) mass is 570 g/mol. The van der Waals surface area contributed by atoms with Gasteiger partial charge in [0.15, 0.2) is 5.13 Å². The molecule has 3 aliphatic rings. The zero-order valence-electron chi connectivity index (χ0n) is 18.9. The molecule has 3 amide bonds. The molecule has 0 aromatic carbocycles. The van der Waals surface area contributed by atoms with Gasteiger partial charge in [-0.25, -0.2) is 9.78 Å². The van der Waals surface area contributed by atoms with Crippen LogP contribution in [0.25, 0.3) is 0 Å². The van der Waals surface area contributed by atoms with Crippen LogP contribution in [0.3, 0.4) is 0 Å². The van der Waals surface area contributed by atoms with Crippen LogP contribution in [0.2, 0.25) is 0 Å². The minimum atomic E-state index is -1.40. The SMILES string of the molecule is CN1CCN(C(=O)OCC2(C(=O)O)CS[C@@H]3C(NC(=O)Cc4csc(N)n4)C(=O)N3C2)CC1.Cl.Cl. The number of ether oxygens (including phenoxy) is 1. The number of nitrogens with zero attached hydrogens (tertiary/aromatic N) is 4. The summed E-state index contributed by atoms with van der Waals surface area (Å²) in [5.41, 5.74) is 4.70. The van der Waals surface area contributed by atoms with Crippen LogP contribution in [0.4, 0.5) is 9.93 Å². The summed E-state index contributed by atoms with van der Waals surface area (Å²) in [4.78, 5) is 58.6. The number of fused-ring (bicyclic) bond motifs is 1. The number of rotatable bonds is 6. The quantitative estimate of drug-likeness (QED) is 0.396. The van der Waals surface area contributed by atoms with Crippen molar-refractivity contribution in [1.29, 1.82) is 0 Å². The number of carbonyl (C=O) groups is 4. The van der Waals surface area contributed by atoms with E-state index in [9.17, 15) is 24.3 Å². The lowest BCUT2D eigenvalue weighted by molar-refractivity contribution is -0.161. The molecule has 0 radical (unpaired) electrons. The first kappa shape index (κ1) is 29.2. The van der Waals surface area contributed by atoms with Crippen molar-refractivity contribution >= 4 is 76.9 Å². The van der Waals surface area contributed by atoms with Crippen LogP contribution < -0.4 is 11.1 Å². The molecule has 0 bridgehead atoms. The van der Waals surface area contributed by atoms with Crippen molar-refractivity contribution in [1.82, 2.24) is 25.0 Å². The van der Waals surface area contributed by atoms with Crippen molar-refractivity contribution in [2.24, 2.45) is 5.41 Å². The van der Waals surface area contributed by atoms with E-state index in [1.54, 1.807) is 10.3 Å². The molecule has 3 fully saturated rings. The van der Waals surface area contributed by atoms with Crippen molar-refractivity contribution in [3.05, 3.63) is 11.1 Å². The van der Waals surface area contributed by atoms with Gasteiger partial charge in [0.2, 0.25) is 11.8 Å². The Morgan fingerprint density at radius 3 is 2.57 bits per heavy atom. The molecule has 4 rings (SSSR count). The standard InChI is InChI=1S/C19H26N6O6S2.2ClH/c1-23-2-4-24(5-3-23)18(30)31-9-19(16(28)29)8-25-14(27)13(15(25)33-10-19)22-12(26)6-11-7-32-17(20)21-11;;/h7,13,15H,2-6,8-10H2,1H3,(H2,20,21)(H,22,26)(H,28,29);2*1H/t13?,15-,19?;;/m1../s1. The molecule has 16 heteroatoms. The van der Waals surface area contributed by atoms with E-state index in [1.807, 2.05) is 7.05 Å². The lowest BCUT2D eigenvalue weighted by Crippen LogP contribution is -2.74. The number of nitrogens with one attached hydrogen (secondary N) is 1. The summed E-state index contributed by atoms with van der Waals surface area (Å²) in [6, 6.07) is -0.724. The minimum Gasteiger partial charge on any atom is -0.481 e. The molecular formula is C19H28Cl2N6O6S2. The Hall–Kier alpha value is -2.00.